The number of hydrogen-bond acceptors (Lipinski definition) is 3. The third kappa shape index (κ3) is 4.85. The summed E-state index contributed by atoms with van der Waals surface area (Å²) in [5.74, 6) is -1.09. The van der Waals surface area contributed by atoms with Crippen molar-refractivity contribution in [1.29, 1.82) is 0 Å². The second-order valence-electron chi connectivity index (χ2n) is 6.29. The molecule has 0 fully saturated rings. The van der Waals surface area contributed by atoms with Crippen LogP contribution < -0.4 is 5.32 Å². The average Bonchev–Trinajstić information content (AvgIpc) is 2.68. The monoisotopic (exact) mass is 362 g/mol. The van der Waals surface area contributed by atoms with Crippen molar-refractivity contribution in [2.45, 2.75) is 19.3 Å². The molecule has 1 heterocycles. The van der Waals surface area contributed by atoms with Crippen LogP contribution in [0.3, 0.4) is 0 Å². The summed E-state index contributed by atoms with van der Waals surface area (Å²) in [4.78, 5) is 28.4. The van der Waals surface area contributed by atoms with Crippen LogP contribution in [-0.4, -0.2) is 16.7 Å². The number of nitrogens with zero attached hydrogens (tertiary/aromatic N) is 1. The van der Waals surface area contributed by atoms with Gasteiger partial charge in [-0.1, -0.05) is 18.2 Å². The molecule has 27 heavy (non-hydrogen) atoms. The van der Waals surface area contributed by atoms with Crippen molar-refractivity contribution in [3.8, 4) is 0 Å². The lowest BCUT2D eigenvalue weighted by Crippen LogP contribution is -2.23. The topological polar surface area (TPSA) is 59.1 Å². The Bertz CT molecular complexity index is 923. The predicted molar refractivity (Wildman–Crippen MR) is 102 cm³/mol. The zero-order chi connectivity index (χ0) is 19.2. The summed E-state index contributed by atoms with van der Waals surface area (Å²) in [5.41, 5.74) is 2.81. The van der Waals surface area contributed by atoms with Gasteiger partial charge in [-0.3, -0.25) is 14.6 Å². The van der Waals surface area contributed by atoms with Crippen LogP contribution in [0.5, 0.6) is 0 Å². The van der Waals surface area contributed by atoms with E-state index >= 15 is 0 Å². The van der Waals surface area contributed by atoms with Gasteiger partial charge < -0.3 is 5.32 Å². The van der Waals surface area contributed by atoms with E-state index in [2.05, 4.69) is 10.3 Å². The standard InChI is InChI=1S/C22H19FN2O2/c1-15(26)17-6-10-20(11-7-17)25-22(27)21(13-16-3-2-12-24-14-16)18-4-8-19(23)9-5-18/h2-12,14,21H,13H2,1H3,(H,25,27). The second-order valence-corrected chi connectivity index (χ2v) is 6.29. The second kappa shape index (κ2) is 8.36. The maximum absolute atomic E-state index is 13.3. The molecule has 1 atom stereocenters. The summed E-state index contributed by atoms with van der Waals surface area (Å²) in [5, 5.41) is 2.88. The van der Waals surface area contributed by atoms with E-state index in [1.54, 1.807) is 48.8 Å². The number of amides is 1. The molecule has 0 spiro atoms. The van der Waals surface area contributed by atoms with Crippen LogP contribution in [0.1, 0.15) is 34.3 Å². The maximum atomic E-state index is 13.3. The van der Waals surface area contributed by atoms with Gasteiger partial charge in [0.25, 0.3) is 0 Å². The summed E-state index contributed by atoms with van der Waals surface area (Å²) in [7, 11) is 0. The van der Waals surface area contributed by atoms with Crippen molar-refractivity contribution in [3.05, 3.63) is 95.6 Å². The smallest absolute Gasteiger partial charge is 0.232 e. The largest absolute Gasteiger partial charge is 0.326 e. The Balaban J connectivity index is 1.83. The molecule has 1 amide bonds. The molecule has 3 aromatic rings. The molecule has 0 aliphatic rings. The van der Waals surface area contributed by atoms with Crippen molar-refractivity contribution < 1.29 is 14.0 Å². The highest BCUT2D eigenvalue weighted by Gasteiger charge is 2.21. The van der Waals surface area contributed by atoms with E-state index in [-0.39, 0.29) is 17.5 Å². The molecule has 5 heteroatoms. The molecule has 0 saturated heterocycles. The lowest BCUT2D eigenvalue weighted by atomic mass is 9.91. The Morgan fingerprint density at radius 3 is 2.33 bits per heavy atom. The number of carbonyl (C=O) groups excluding carboxylic acids is 2. The third-order valence-corrected chi connectivity index (χ3v) is 4.31. The lowest BCUT2D eigenvalue weighted by Gasteiger charge is -2.17. The van der Waals surface area contributed by atoms with Crippen molar-refractivity contribution in [2.24, 2.45) is 0 Å². The van der Waals surface area contributed by atoms with Crippen molar-refractivity contribution >= 4 is 17.4 Å². The van der Waals surface area contributed by atoms with Gasteiger partial charge in [0.15, 0.2) is 5.78 Å². The zero-order valence-electron chi connectivity index (χ0n) is 14.9. The fraction of sp³-hybridized carbons (Fsp3) is 0.136. The minimum atomic E-state index is -0.498. The molecular formula is C22H19FN2O2. The number of benzene rings is 2. The number of anilines is 1. The molecular weight excluding hydrogens is 343 g/mol. The quantitative estimate of drug-likeness (QED) is 0.662. The normalized spacial score (nSPS) is 11.6. The molecule has 3 rings (SSSR count). The highest BCUT2D eigenvalue weighted by Crippen LogP contribution is 2.23. The zero-order valence-corrected chi connectivity index (χ0v) is 14.9. The van der Waals surface area contributed by atoms with Crippen LogP contribution in [0.2, 0.25) is 0 Å². The molecule has 0 aliphatic heterocycles. The minimum absolute atomic E-state index is 0.0337. The summed E-state index contributed by atoms with van der Waals surface area (Å²) in [6.07, 6.45) is 3.83. The van der Waals surface area contributed by atoms with E-state index in [9.17, 15) is 14.0 Å². The summed E-state index contributed by atoms with van der Waals surface area (Å²) < 4.78 is 13.3. The van der Waals surface area contributed by atoms with Crippen LogP contribution in [0.25, 0.3) is 0 Å². The predicted octanol–water partition coefficient (Wildman–Crippen LogP) is 4.39. The Kier molecular flexibility index (Phi) is 5.71. The molecule has 136 valence electrons. The number of aromatic nitrogens is 1. The fourth-order valence-corrected chi connectivity index (χ4v) is 2.83. The number of rotatable bonds is 6. The lowest BCUT2D eigenvalue weighted by molar-refractivity contribution is -0.117. The SMILES string of the molecule is CC(=O)c1ccc(NC(=O)C(Cc2cccnc2)c2ccc(F)cc2)cc1. The van der Waals surface area contributed by atoms with Crippen molar-refractivity contribution in [1.82, 2.24) is 4.98 Å². The van der Waals surface area contributed by atoms with Crippen LogP contribution in [0, 0.1) is 5.82 Å². The Morgan fingerprint density at radius 2 is 1.74 bits per heavy atom. The summed E-state index contributed by atoms with van der Waals surface area (Å²) in [6.45, 7) is 1.49. The van der Waals surface area contributed by atoms with Gasteiger partial charge in [-0.05, 0) is 66.9 Å². The summed E-state index contributed by atoms with van der Waals surface area (Å²) >= 11 is 0. The van der Waals surface area contributed by atoms with E-state index in [0.29, 0.717) is 17.7 Å². The van der Waals surface area contributed by atoms with Gasteiger partial charge in [0.1, 0.15) is 5.82 Å². The maximum Gasteiger partial charge on any atom is 0.232 e. The first-order valence-corrected chi connectivity index (χ1v) is 8.59. The van der Waals surface area contributed by atoms with Gasteiger partial charge in [-0.25, -0.2) is 4.39 Å². The van der Waals surface area contributed by atoms with Gasteiger partial charge in [-0.15, -0.1) is 0 Å². The molecule has 4 nitrogen and oxygen atoms in total. The highest BCUT2D eigenvalue weighted by molar-refractivity contribution is 5.97. The first kappa shape index (κ1) is 18.5. The van der Waals surface area contributed by atoms with E-state index in [4.69, 9.17) is 0 Å². The number of ketones is 1. The summed E-state index contributed by atoms with van der Waals surface area (Å²) in [6, 6.07) is 16.4. The van der Waals surface area contributed by atoms with Crippen LogP contribution in [-0.2, 0) is 11.2 Å². The molecule has 0 saturated carbocycles. The number of carbonyl (C=O) groups is 2. The molecule has 0 aliphatic carbocycles. The average molecular weight is 362 g/mol. The van der Waals surface area contributed by atoms with Gasteiger partial charge in [-0.2, -0.15) is 0 Å². The van der Waals surface area contributed by atoms with Gasteiger partial charge >= 0.3 is 0 Å². The Morgan fingerprint density at radius 1 is 1.04 bits per heavy atom. The number of Topliss-reactive ketones (excluding diaryl/α,β-unsaturated/α-hetero) is 1. The van der Waals surface area contributed by atoms with Crippen LogP contribution in [0.4, 0.5) is 10.1 Å². The molecule has 1 unspecified atom stereocenters. The Labute approximate surface area is 157 Å². The molecule has 1 N–H and O–H groups in total. The number of nitrogens with one attached hydrogen (secondary N) is 1. The van der Waals surface area contributed by atoms with E-state index in [1.807, 2.05) is 12.1 Å². The molecule has 0 bridgehead atoms. The fourth-order valence-electron chi connectivity index (χ4n) is 2.83. The van der Waals surface area contributed by atoms with E-state index in [1.165, 1.54) is 19.1 Å². The minimum Gasteiger partial charge on any atom is -0.326 e. The number of pyridine rings is 1. The van der Waals surface area contributed by atoms with E-state index < -0.39 is 5.92 Å². The first-order valence-electron chi connectivity index (χ1n) is 8.59. The van der Waals surface area contributed by atoms with E-state index in [0.717, 1.165) is 11.1 Å². The third-order valence-electron chi connectivity index (χ3n) is 4.31. The van der Waals surface area contributed by atoms with Gasteiger partial charge in [0, 0.05) is 23.6 Å². The van der Waals surface area contributed by atoms with Crippen molar-refractivity contribution in [2.75, 3.05) is 5.32 Å². The number of halogens is 1. The molecule has 2 aromatic carbocycles. The number of hydrogen-bond donors (Lipinski definition) is 1. The highest BCUT2D eigenvalue weighted by atomic mass is 19.1. The van der Waals surface area contributed by atoms with Gasteiger partial charge in [0.05, 0.1) is 5.92 Å². The van der Waals surface area contributed by atoms with Crippen LogP contribution >= 0.6 is 0 Å². The molecule has 1 aromatic heterocycles. The van der Waals surface area contributed by atoms with Gasteiger partial charge in [0.2, 0.25) is 5.91 Å². The first-order chi connectivity index (χ1) is 13.0. The van der Waals surface area contributed by atoms with Crippen LogP contribution in [0.15, 0.2) is 73.1 Å². The Hall–Kier alpha value is -3.34. The van der Waals surface area contributed by atoms with Crippen molar-refractivity contribution in [3.63, 3.8) is 0 Å². The molecule has 0 radical (unpaired) electrons.